The summed E-state index contributed by atoms with van der Waals surface area (Å²) in [4.78, 5) is 25.6. The van der Waals surface area contributed by atoms with Gasteiger partial charge >= 0.3 is 0 Å². The van der Waals surface area contributed by atoms with Crippen LogP contribution in [0.3, 0.4) is 0 Å². The second-order valence-electron chi connectivity index (χ2n) is 6.68. The SMILES string of the molecule is CC(O)CC(C)(C)CNC(=O)c1cccc(C(=O)N(C)C)c1. The number of carbonyl (C=O) groups excluding carboxylic acids is 2. The number of hydrogen-bond donors (Lipinski definition) is 2. The average Bonchev–Trinajstić information content (AvgIpc) is 2.42. The molecule has 1 atom stereocenters. The molecule has 0 radical (unpaired) electrons. The van der Waals surface area contributed by atoms with Gasteiger partial charge in [-0.2, -0.15) is 0 Å². The molecule has 2 N–H and O–H groups in total. The van der Waals surface area contributed by atoms with E-state index < -0.39 is 6.10 Å². The lowest BCUT2D eigenvalue weighted by atomic mass is 9.87. The first-order valence-electron chi connectivity index (χ1n) is 7.40. The third-order valence-electron chi connectivity index (χ3n) is 3.35. The molecule has 0 aliphatic heterocycles. The van der Waals surface area contributed by atoms with E-state index in [0.717, 1.165) is 0 Å². The summed E-state index contributed by atoms with van der Waals surface area (Å²) in [6.07, 6.45) is 0.194. The number of aliphatic hydroxyl groups is 1. The molecule has 1 unspecified atom stereocenters. The van der Waals surface area contributed by atoms with E-state index in [1.165, 1.54) is 4.90 Å². The maximum Gasteiger partial charge on any atom is 0.253 e. The van der Waals surface area contributed by atoms with E-state index in [1.54, 1.807) is 45.3 Å². The Morgan fingerprint density at radius 3 is 2.41 bits per heavy atom. The largest absolute Gasteiger partial charge is 0.393 e. The summed E-state index contributed by atoms with van der Waals surface area (Å²) in [5.74, 6) is -0.351. The Morgan fingerprint density at radius 2 is 1.86 bits per heavy atom. The van der Waals surface area contributed by atoms with Gasteiger partial charge in [0, 0.05) is 31.8 Å². The topological polar surface area (TPSA) is 69.6 Å². The van der Waals surface area contributed by atoms with Crippen molar-refractivity contribution in [2.45, 2.75) is 33.3 Å². The molecule has 5 heteroatoms. The molecule has 0 spiro atoms. The molecule has 22 heavy (non-hydrogen) atoms. The lowest BCUT2D eigenvalue weighted by Crippen LogP contribution is -2.35. The first kappa shape index (κ1) is 18.2. The lowest BCUT2D eigenvalue weighted by molar-refractivity contribution is 0.0827. The summed E-state index contributed by atoms with van der Waals surface area (Å²) in [6, 6.07) is 6.67. The molecule has 1 aromatic rings. The van der Waals surface area contributed by atoms with Crippen molar-refractivity contribution in [3.05, 3.63) is 35.4 Å². The van der Waals surface area contributed by atoms with E-state index in [0.29, 0.717) is 24.1 Å². The third-order valence-corrected chi connectivity index (χ3v) is 3.35. The van der Waals surface area contributed by atoms with Gasteiger partial charge < -0.3 is 15.3 Å². The van der Waals surface area contributed by atoms with E-state index >= 15 is 0 Å². The molecule has 1 aromatic carbocycles. The van der Waals surface area contributed by atoms with Crippen molar-refractivity contribution in [1.29, 1.82) is 0 Å². The Balaban J connectivity index is 2.74. The zero-order valence-corrected chi connectivity index (χ0v) is 14.0. The number of amides is 2. The second kappa shape index (κ2) is 7.40. The summed E-state index contributed by atoms with van der Waals surface area (Å²) in [6.45, 7) is 6.18. The smallest absolute Gasteiger partial charge is 0.253 e. The Bertz CT molecular complexity index is 536. The van der Waals surface area contributed by atoms with Crippen molar-refractivity contribution in [2.75, 3.05) is 20.6 Å². The normalized spacial score (nSPS) is 12.6. The highest BCUT2D eigenvalue weighted by Gasteiger charge is 2.21. The minimum absolute atomic E-state index is 0.135. The van der Waals surface area contributed by atoms with Crippen LogP contribution in [0, 0.1) is 5.41 Å². The highest BCUT2D eigenvalue weighted by atomic mass is 16.3. The minimum atomic E-state index is -0.409. The Kier molecular flexibility index (Phi) is 6.11. The minimum Gasteiger partial charge on any atom is -0.393 e. The van der Waals surface area contributed by atoms with Crippen LogP contribution in [-0.4, -0.2) is 48.6 Å². The number of nitrogens with one attached hydrogen (secondary N) is 1. The number of hydrogen-bond acceptors (Lipinski definition) is 3. The van der Waals surface area contributed by atoms with Crippen LogP contribution in [0.1, 0.15) is 47.9 Å². The fraction of sp³-hybridized carbons (Fsp3) is 0.529. The van der Waals surface area contributed by atoms with Crippen molar-refractivity contribution >= 4 is 11.8 Å². The molecule has 122 valence electrons. The van der Waals surface area contributed by atoms with Gasteiger partial charge in [0.15, 0.2) is 0 Å². The first-order chi connectivity index (χ1) is 10.1. The van der Waals surface area contributed by atoms with Gasteiger partial charge in [-0.05, 0) is 37.0 Å². The van der Waals surface area contributed by atoms with Gasteiger partial charge in [-0.3, -0.25) is 9.59 Å². The van der Waals surface area contributed by atoms with Crippen molar-refractivity contribution in [3.8, 4) is 0 Å². The summed E-state index contributed by atoms with van der Waals surface area (Å²) in [5.41, 5.74) is 0.752. The molecular formula is C17H26N2O3. The Labute approximate surface area is 132 Å². The van der Waals surface area contributed by atoms with E-state index in [9.17, 15) is 14.7 Å². The zero-order valence-electron chi connectivity index (χ0n) is 14.0. The van der Waals surface area contributed by atoms with E-state index in [2.05, 4.69) is 5.32 Å². The Morgan fingerprint density at radius 1 is 1.27 bits per heavy atom. The van der Waals surface area contributed by atoms with Crippen LogP contribution in [0.2, 0.25) is 0 Å². The van der Waals surface area contributed by atoms with Crippen LogP contribution in [0.15, 0.2) is 24.3 Å². The highest BCUT2D eigenvalue weighted by Crippen LogP contribution is 2.21. The first-order valence-corrected chi connectivity index (χ1v) is 7.40. The standard InChI is InChI=1S/C17H26N2O3/c1-12(20)10-17(2,3)11-18-15(21)13-7-6-8-14(9-13)16(22)19(4)5/h6-9,12,20H,10-11H2,1-5H3,(H,18,21). The van der Waals surface area contributed by atoms with Gasteiger partial charge in [0.1, 0.15) is 0 Å². The van der Waals surface area contributed by atoms with Gasteiger partial charge in [-0.1, -0.05) is 19.9 Å². The molecule has 1 rings (SSSR count). The van der Waals surface area contributed by atoms with Crippen molar-refractivity contribution < 1.29 is 14.7 Å². The maximum atomic E-state index is 12.2. The van der Waals surface area contributed by atoms with Crippen LogP contribution in [0.5, 0.6) is 0 Å². The molecule has 0 heterocycles. The summed E-state index contributed by atoms with van der Waals surface area (Å²) in [5, 5.41) is 12.3. The molecular weight excluding hydrogens is 280 g/mol. The predicted molar refractivity (Wildman–Crippen MR) is 86.9 cm³/mol. The van der Waals surface area contributed by atoms with Crippen LogP contribution >= 0.6 is 0 Å². The van der Waals surface area contributed by atoms with Crippen LogP contribution in [0.4, 0.5) is 0 Å². The van der Waals surface area contributed by atoms with Gasteiger partial charge in [0.2, 0.25) is 0 Å². The molecule has 5 nitrogen and oxygen atoms in total. The number of rotatable bonds is 6. The molecule has 2 amide bonds. The number of aliphatic hydroxyl groups excluding tert-OH is 1. The predicted octanol–water partition coefficient (Wildman–Crippen LogP) is 1.92. The van der Waals surface area contributed by atoms with Crippen molar-refractivity contribution in [1.82, 2.24) is 10.2 Å². The van der Waals surface area contributed by atoms with Gasteiger partial charge in [0.05, 0.1) is 6.10 Å². The van der Waals surface area contributed by atoms with Gasteiger partial charge in [-0.15, -0.1) is 0 Å². The van der Waals surface area contributed by atoms with Crippen LogP contribution in [0.25, 0.3) is 0 Å². The van der Waals surface area contributed by atoms with Crippen molar-refractivity contribution in [3.63, 3.8) is 0 Å². The summed E-state index contributed by atoms with van der Waals surface area (Å²) < 4.78 is 0. The second-order valence-corrected chi connectivity index (χ2v) is 6.68. The fourth-order valence-corrected chi connectivity index (χ4v) is 2.35. The monoisotopic (exact) mass is 306 g/mol. The number of carbonyl (C=O) groups is 2. The molecule has 0 saturated heterocycles. The molecule has 0 fully saturated rings. The highest BCUT2D eigenvalue weighted by molar-refractivity contribution is 5.99. The molecule has 0 bridgehead atoms. The maximum absolute atomic E-state index is 12.2. The van der Waals surface area contributed by atoms with E-state index in [4.69, 9.17) is 0 Å². The third kappa shape index (κ3) is 5.48. The van der Waals surface area contributed by atoms with Gasteiger partial charge in [0.25, 0.3) is 11.8 Å². The molecule has 0 saturated carbocycles. The zero-order chi connectivity index (χ0) is 16.9. The van der Waals surface area contributed by atoms with Crippen molar-refractivity contribution in [2.24, 2.45) is 5.41 Å². The molecule has 0 aromatic heterocycles. The van der Waals surface area contributed by atoms with E-state index in [1.807, 2.05) is 13.8 Å². The summed E-state index contributed by atoms with van der Waals surface area (Å²) >= 11 is 0. The Hall–Kier alpha value is -1.88. The number of benzene rings is 1. The number of nitrogens with zero attached hydrogens (tertiary/aromatic N) is 1. The molecule has 0 aliphatic carbocycles. The summed E-state index contributed by atoms with van der Waals surface area (Å²) in [7, 11) is 3.35. The van der Waals surface area contributed by atoms with E-state index in [-0.39, 0.29) is 17.2 Å². The molecule has 0 aliphatic rings. The quantitative estimate of drug-likeness (QED) is 0.843. The van der Waals surface area contributed by atoms with Gasteiger partial charge in [-0.25, -0.2) is 0 Å². The average molecular weight is 306 g/mol. The van der Waals surface area contributed by atoms with Crippen LogP contribution in [-0.2, 0) is 0 Å². The van der Waals surface area contributed by atoms with Crippen LogP contribution < -0.4 is 5.32 Å². The lowest BCUT2D eigenvalue weighted by Gasteiger charge is -2.26. The fourth-order valence-electron chi connectivity index (χ4n) is 2.35.